The maximum Gasteiger partial charge on any atom is 0.0295 e. The van der Waals surface area contributed by atoms with E-state index in [1.807, 2.05) is 12.2 Å². The van der Waals surface area contributed by atoms with Crippen molar-refractivity contribution in [2.75, 3.05) is 0 Å². The highest BCUT2D eigenvalue weighted by atomic mass is 14.5. The molecule has 40 heavy (non-hydrogen) atoms. The summed E-state index contributed by atoms with van der Waals surface area (Å²) in [6.07, 6.45) is 6.84. The number of hydrogen-bond acceptors (Lipinski definition) is 0. The van der Waals surface area contributed by atoms with Gasteiger partial charge in [-0.25, -0.2) is 0 Å². The zero-order valence-electron chi connectivity index (χ0n) is 25.3. The molecule has 0 radical (unpaired) electrons. The summed E-state index contributed by atoms with van der Waals surface area (Å²) in [7, 11) is 0. The fourth-order valence-corrected chi connectivity index (χ4v) is 6.27. The van der Waals surface area contributed by atoms with Gasteiger partial charge in [0.2, 0.25) is 0 Å². The Morgan fingerprint density at radius 2 is 1.02 bits per heavy atom. The molecule has 0 amide bonds. The van der Waals surface area contributed by atoms with Gasteiger partial charge in [0.15, 0.2) is 0 Å². The minimum absolute atomic E-state index is 0.0716. The molecule has 0 saturated carbocycles. The fourth-order valence-electron chi connectivity index (χ4n) is 6.27. The van der Waals surface area contributed by atoms with Crippen molar-refractivity contribution in [1.29, 1.82) is 0 Å². The Morgan fingerprint density at radius 1 is 0.600 bits per heavy atom. The molecular formula is C40H44. The molecule has 5 rings (SSSR count). The lowest BCUT2D eigenvalue weighted by Gasteiger charge is -2.35. The molecule has 0 aliphatic heterocycles. The minimum atomic E-state index is -0.183. The zero-order chi connectivity index (χ0) is 28.7. The van der Waals surface area contributed by atoms with Crippen LogP contribution in [0, 0.1) is 0 Å². The third-order valence-corrected chi connectivity index (χ3v) is 9.33. The molecule has 4 aromatic rings. The van der Waals surface area contributed by atoms with Crippen LogP contribution in [0.5, 0.6) is 0 Å². The molecule has 0 heteroatoms. The molecule has 0 atom stereocenters. The van der Waals surface area contributed by atoms with Crippen LogP contribution in [0.1, 0.15) is 92.5 Å². The van der Waals surface area contributed by atoms with Crippen molar-refractivity contribution in [1.82, 2.24) is 0 Å². The number of hydrogen-bond donors (Lipinski definition) is 0. The van der Waals surface area contributed by atoms with Gasteiger partial charge >= 0.3 is 0 Å². The Hall–Kier alpha value is -3.64. The Kier molecular flexibility index (Phi) is 7.26. The highest BCUT2D eigenvalue weighted by Crippen LogP contribution is 2.54. The SMILES string of the molecule is C=Cc1ccc(CC2(Cc3ccc(C=C)cc3)c3cc(C(C)(C)C)ccc3-c3ccc(C(C)(C)CC)cc32)cc1. The second-order valence-corrected chi connectivity index (χ2v) is 13.3. The van der Waals surface area contributed by atoms with E-state index in [1.54, 1.807) is 0 Å². The number of benzene rings is 4. The van der Waals surface area contributed by atoms with Gasteiger partial charge in [-0.3, -0.25) is 0 Å². The normalized spacial score (nSPS) is 13.9. The lowest BCUT2D eigenvalue weighted by atomic mass is 9.68. The van der Waals surface area contributed by atoms with E-state index in [0.29, 0.717) is 0 Å². The van der Waals surface area contributed by atoms with E-state index >= 15 is 0 Å². The average Bonchev–Trinajstić information content (AvgIpc) is 3.21. The van der Waals surface area contributed by atoms with E-state index in [0.717, 1.165) is 30.4 Å². The monoisotopic (exact) mass is 524 g/mol. The Bertz CT molecular complexity index is 1480. The summed E-state index contributed by atoms with van der Waals surface area (Å²) in [5.74, 6) is 0. The summed E-state index contributed by atoms with van der Waals surface area (Å²) in [5.41, 5.74) is 13.5. The van der Waals surface area contributed by atoms with Crippen LogP contribution in [0.4, 0.5) is 0 Å². The largest absolute Gasteiger partial charge is 0.0985 e. The predicted molar refractivity (Wildman–Crippen MR) is 175 cm³/mol. The number of rotatable bonds is 8. The summed E-state index contributed by atoms with van der Waals surface area (Å²) >= 11 is 0. The summed E-state index contributed by atoms with van der Waals surface area (Å²) in [6.45, 7) is 22.0. The molecule has 0 aromatic heterocycles. The van der Waals surface area contributed by atoms with Crippen molar-refractivity contribution in [3.8, 4) is 11.1 Å². The second kappa shape index (κ2) is 10.4. The first-order chi connectivity index (χ1) is 19.0. The van der Waals surface area contributed by atoms with E-state index in [4.69, 9.17) is 0 Å². The predicted octanol–water partition coefficient (Wildman–Crippen LogP) is 10.7. The van der Waals surface area contributed by atoms with Crippen LogP contribution in [0.2, 0.25) is 0 Å². The van der Waals surface area contributed by atoms with Gasteiger partial charge in [-0.15, -0.1) is 0 Å². The Morgan fingerprint density at radius 3 is 1.43 bits per heavy atom. The van der Waals surface area contributed by atoms with Crippen molar-refractivity contribution in [3.63, 3.8) is 0 Å². The molecule has 0 heterocycles. The van der Waals surface area contributed by atoms with Gasteiger partial charge in [-0.05, 0) is 85.7 Å². The molecule has 0 N–H and O–H groups in total. The fraction of sp³-hybridized carbons (Fsp3) is 0.300. The van der Waals surface area contributed by atoms with E-state index in [1.165, 1.54) is 44.5 Å². The van der Waals surface area contributed by atoms with Gasteiger partial charge < -0.3 is 0 Å². The molecule has 0 saturated heterocycles. The number of fused-ring (bicyclic) bond motifs is 3. The highest BCUT2D eigenvalue weighted by Gasteiger charge is 2.44. The lowest BCUT2D eigenvalue weighted by Crippen LogP contribution is -2.32. The van der Waals surface area contributed by atoms with Gasteiger partial charge in [-0.1, -0.05) is 152 Å². The van der Waals surface area contributed by atoms with Gasteiger partial charge in [-0.2, -0.15) is 0 Å². The van der Waals surface area contributed by atoms with Crippen LogP contribution >= 0.6 is 0 Å². The topological polar surface area (TPSA) is 0 Å². The summed E-state index contributed by atoms with van der Waals surface area (Å²) in [5, 5.41) is 0. The molecular weight excluding hydrogens is 480 g/mol. The summed E-state index contributed by atoms with van der Waals surface area (Å²) in [4.78, 5) is 0. The van der Waals surface area contributed by atoms with Crippen LogP contribution in [0.3, 0.4) is 0 Å². The van der Waals surface area contributed by atoms with Gasteiger partial charge in [0, 0.05) is 5.41 Å². The van der Waals surface area contributed by atoms with Gasteiger partial charge in [0.25, 0.3) is 0 Å². The molecule has 0 unspecified atom stereocenters. The second-order valence-electron chi connectivity index (χ2n) is 13.3. The molecule has 0 bridgehead atoms. The van der Waals surface area contributed by atoms with Crippen molar-refractivity contribution >= 4 is 12.2 Å². The smallest absolute Gasteiger partial charge is 0.0295 e. The van der Waals surface area contributed by atoms with Crippen LogP contribution in [-0.4, -0.2) is 0 Å². The van der Waals surface area contributed by atoms with Crippen LogP contribution in [0.15, 0.2) is 98.1 Å². The highest BCUT2D eigenvalue weighted by molar-refractivity contribution is 5.82. The Labute approximate surface area is 242 Å². The molecule has 0 fully saturated rings. The van der Waals surface area contributed by atoms with Crippen LogP contribution in [0.25, 0.3) is 23.3 Å². The van der Waals surface area contributed by atoms with E-state index in [-0.39, 0.29) is 16.2 Å². The molecule has 204 valence electrons. The average molecular weight is 525 g/mol. The standard InChI is InChI=1S/C40H44/c1-9-28-12-16-30(17-13-28)26-40(27-31-18-14-29(10-2)15-19-31)36-24-32(38(4,5)6)20-22-34(36)35-23-21-33(25-37(35)40)39(7,8)11-3/h9-10,12-25H,1-2,11,26-27H2,3-8H3. The van der Waals surface area contributed by atoms with Crippen molar-refractivity contribution in [2.45, 2.75) is 77.0 Å². The first-order valence-corrected chi connectivity index (χ1v) is 14.7. The molecule has 4 aromatic carbocycles. The van der Waals surface area contributed by atoms with E-state index in [9.17, 15) is 0 Å². The van der Waals surface area contributed by atoms with Crippen LogP contribution < -0.4 is 0 Å². The molecule has 1 aliphatic carbocycles. The lowest BCUT2D eigenvalue weighted by molar-refractivity contribution is 0.494. The maximum atomic E-state index is 3.97. The Balaban J connectivity index is 1.80. The molecule has 1 aliphatic rings. The maximum absolute atomic E-state index is 3.97. The summed E-state index contributed by atoms with van der Waals surface area (Å²) in [6, 6.07) is 32.6. The van der Waals surface area contributed by atoms with Gasteiger partial charge in [0.1, 0.15) is 0 Å². The summed E-state index contributed by atoms with van der Waals surface area (Å²) < 4.78 is 0. The third-order valence-electron chi connectivity index (χ3n) is 9.33. The van der Waals surface area contributed by atoms with E-state index < -0.39 is 0 Å². The first-order valence-electron chi connectivity index (χ1n) is 14.7. The van der Waals surface area contributed by atoms with E-state index in [2.05, 4.69) is 140 Å². The van der Waals surface area contributed by atoms with Crippen molar-refractivity contribution in [3.05, 3.63) is 143 Å². The first kappa shape index (κ1) is 27.9. The van der Waals surface area contributed by atoms with Crippen molar-refractivity contribution < 1.29 is 0 Å². The quantitative estimate of drug-likeness (QED) is 0.215. The third kappa shape index (κ3) is 5.01. The molecule has 0 nitrogen and oxygen atoms in total. The van der Waals surface area contributed by atoms with Crippen LogP contribution in [-0.2, 0) is 29.1 Å². The zero-order valence-corrected chi connectivity index (χ0v) is 25.3. The van der Waals surface area contributed by atoms with Crippen molar-refractivity contribution in [2.24, 2.45) is 0 Å². The minimum Gasteiger partial charge on any atom is -0.0985 e. The molecule has 0 spiro atoms. The van der Waals surface area contributed by atoms with Gasteiger partial charge in [0.05, 0.1) is 0 Å².